The number of nitrogens with one attached hydrogen (secondary N) is 1. The van der Waals surface area contributed by atoms with Gasteiger partial charge in [-0.1, -0.05) is 72.8 Å². The molecule has 46 heavy (non-hydrogen) atoms. The van der Waals surface area contributed by atoms with Crippen LogP contribution >= 0.6 is 0 Å². The first-order chi connectivity index (χ1) is 22.6. The second-order valence-corrected chi connectivity index (χ2v) is 11.2. The Hall–Kier alpha value is -5.74. The number of nitrogen functional groups attached to an aromatic ring is 1. The molecule has 3 N–H and O–H groups in total. The summed E-state index contributed by atoms with van der Waals surface area (Å²) >= 11 is 0. The molecule has 0 bridgehead atoms. The van der Waals surface area contributed by atoms with Gasteiger partial charge in [-0.25, -0.2) is 4.98 Å². The normalized spacial score (nSPS) is 13.1. The summed E-state index contributed by atoms with van der Waals surface area (Å²) in [4.78, 5) is 32.1. The number of fused-ring (bicyclic) bond motifs is 1. The first-order valence-corrected chi connectivity index (χ1v) is 15.3. The summed E-state index contributed by atoms with van der Waals surface area (Å²) in [6, 6.07) is 35.7. The Morgan fingerprint density at radius 2 is 1.52 bits per heavy atom. The van der Waals surface area contributed by atoms with Crippen molar-refractivity contribution < 1.29 is 9.53 Å². The summed E-state index contributed by atoms with van der Waals surface area (Å²) in [5.41, 5.74) is 12.5. The number of benzene rings is 4. The van der Waals surface area contributed by atoms with Crippen LogP contribution in [0.3, 0.4) is 0 Å². The van der Waals surface area contributed by atoms with Crippen molar-refractivity contribution in [2.24, 2.45) is 0 Å². The Morgan fingerprint density at radius 3 is 2.22 bits per heavy atom. The summed E-state index contributed by atoms with van der Waals surface area (Å²) in [7, 11) is 0. The molecule has 0 radical (unpaired) electrons. The van der Waals surface area contributed by atoms with Gasteiger partial charge < -0.3 is 25.6 Å². The lowest BCUT2D eigenvalue weighted by atomic mass is 10.1. The Morgan fingerprint density at radius 1 is 0.826 bits per heavy atom. The topological polar surface area (TPSA) is 114 Å². The van der Waals surface area contributed by atoms with Gasteiger partial charge in [0.05, 0.1) is 18.9 Å². The smallest absolute Gasteiger partial charge is 0.254 e. The van der Waals surface area contributed by atoms with Crippen molar-refractivity contribution in [1.29, 1.82) is 0 Å². The second kappa shape index (κ2) is 13.1. The summed E-state index contributed by atoms with van der Waals surface area (Å²) < 4.78 is 7.35. The molecule has 0 aliphatic carbocycles. The number of ether oxygens (including phenoxy) is 1. The van der Waals surface area contributed by atoms with Gasteiger partial charge in [0.25, 0.3) is 5.91 Å². The van der Waals surface area contributed by atoms with Crippen molar-refractivity contribution in [2.75, 3.05) is 42.3 Å². The van der Waals surface area contributed by atoms with Crippen LogP contribution in [-0.4, -0.2) is 56.6 Å². The Kier molecular flexibility index (Phi) is 8.25. The van der Waals surface area contributed by atoms with Crippen LogP contribution in [0.25, 0.3) is 16.9 Å². The van der Waals surface area contributed by atoms with E-state index in [0.717, 1.165) is 16.8 Å². The van der Waals surface area contributed by atoms with E-state index < -0.39 is 0 Å². The number of rotatable bonds is 9. The van der Waals surface area contributed by atoms with E-state index in [9.17, 15) is 4.79 Å². The number of carbonyl (C=O) groups is 1. The quantitative estimate of drug-likeness (QED) is 0.197. The van der Waals surface area contributed by atoms with E-state index in [1.807, 2.05) is 94.4 Å². The van der Waals surface area contributed by atoms with E-state index in [1.165, 1.54) is 0 Å². The highest BCUT2D eigenvalue weighted by molar-refractivity contribution is 5.95. The molecule has 1 aliphatic heterocycles. The molecule has 7 rings (SSSR count). The average molecular weight is 611 g/mol. The van der Waals surface area contributed by atoms with Gasteiger partial charge in [-0.3, -0.25) is 9.36 Å². The first kappa shape index (κ1) is 29.0. The third-order valence-corrected chi connectivity index (χ3v) is 7.92. The molecule has 1 saturated heterocycles. The molecular weight excluding hydrogens is 576 g/mol. The van der Waals surface area contributed by atoms with Gasteiger partial charge >= 0.3 is 0 Å². The zero-order valence-electron chi connectivity index (χ0n) is 25.3. The number of imidazole rings is 1. The van der Waals surface area contributed by atoms with Crippen molar-refractivity contribution in [3.8, 4) is 5.69 Å². The van der Waals surface area contributed by atoms with E-state index in [1.54, 1.807) is 6.33 Å². The van der Waals surface area contributed by atoms with Crippen LogP contribution in [0.4, 0.5) is 23.1 Å². The minimum atomic E-state index is -0.0272. The fourth-order valence-corrected chi connectivity index (χ4v) is 5.65. The predicted molar refractivity (Wildman–Crippen MR) is 180 cm³/mol. The number of hydrogen-bond donors (Lipinski definition) is 2. The maximum absolute atomic E-state index is 13.2. The lowest BCUT2D eigenvalue weighted by molar-refractivity contribution is 0.0303. The van der Waals surface area contributed by atoms with Crippen LogP contribution in [0.5, 0.6) is 0 Å². The Balaban J connectivity index is 1.32. The lowest BCUT2D eigenvalue weighted by Gasteiger charge is -2.27. The third-order valence-electron chi connectivity index (χ3n) is 7.92. The highest BCUT2D eigenvalue weighted by atomic mass is 16.5. The fraction of sp³-hybridized carbons (Fsp3) is 0.167. The standard InChI is InChI=1S/C36H34N8O2/c37-29-14-8-16-31(22-29)44-25-38-32-33(43(23-26-9-3-1-4-10-26)24-27-11-5-2-6-12-27)40-36(41-34(32)44)39-30-15-7-13-28(21-30)35(45)42-17-19-46-20-18-42/h1-16,21-22,25H,17-20,23-24,37H2,(H,39,40,41). The van der Waals surface area contributed by atoms with Crippen molar-refractivity contribution in [1.82, 2.24) is 24.4 Å². The number of aromatic nitrogens is 4. The first-order valence-electron chi connectivity index (χ1n) is 15.3. The molecule has 230 valence electrons. The highest BCUT2D eigenvalue weighted by Crippen LogP contribution is 2.30. The number of anilines is 4. The lowest BCUT2D eigenvalue weighted by Crippen LogP contribution is -2.40. The number of morpholine rings is 1. The zero-order chi connectivity index (χ0) is 31.3. The third kappa shape index (κ3) is 6.38. The van der Waals surface area contributed by atoms with Crippen LogP contribution in [0.1, 0.15) is 21.5 Å². The second-order valence-electron chi connectivity index (χ2n) is 11.2. The van der Waals surface area contributed by atoms with Crippen LogP contribution in [0.15, 0.2) is 116 Å². The van der Waals surface area contributed by atoms with Crippen molar-refractivity contribution in [3.05, 3.63) is 132 Å². The number of hydrogen-bond acceptors (Lipinski definition) is 8. The maximum atomic E-state index is 13.2. The molecular formula is C36H34N8O2. The molecule has 3 heterocycles. The Bertz CT molecular complexity index is 1910. The molecule has 4 aromatic carbocycles. The van der Waals surface area contributed by atoms with Crippen LogP contribution < -0.4 is 16.0 Å². The molecule has 1 aliphatic rings. The van der Waals surface area contributed by atoms with Gasteiger partial charge in [0, 0.05) is 43.1 Å². The molecule has 10 nitrogen and oxygen atoms in total. The number of nitrogens with zero attached hydrogens (tertiary/aromatic N) is 6. The van der Waals surface area contributed by atoms with E-state index >= 15 is 0 Å². The Labute approximate surface area is 267 Å². The predicted octanol–water partition coefficient (Wildman–Crippen LogP) is 5.82. The molecule has 6 aromatic rings. The van der Waals surface area contributed by atoms with Crippen LogP contribution in [-0.2, 0) is 17.8 Å². The van der Waals surface area contributed by atoms with E-state index in [-0.39, 0.29) is 5.91 Å². The monoisotopic (exact) mass is 610 g/mol. The van der Waals surface area contributed by atoms with Gasteiger partial charge in [0.1, 0.15) is 6.33 Å². The molecule has 0 atom stereocenters. The SMILES string of the molecule is Nc1cccc(-n2cnc3c(N(Cc4ccccc4)Cc4ccccc4)nc(Nc4cccc(C(=O)N5CCOCC5)c4)nc32)c1. The van der Waals surface area contributed by atoms with E-state index in [2.05, 4.69) is 34.5 Å². The number of nitrogens with two attached hydrogens (primary N) is 1. The molecule has 1 amide bonds. The molecule has 0 unspecified atom stereocenters. The van der Waals surface area contributed by atoms with Crippen molar-refractivity contribution >= 4 is 40.2 Å². The highest BCUT2D eigenvalue weighted by Gasteiger charge is 2.22. The van der Waals surface area contributed by atoms with Gasteiger partial charge in [-0.15, -0.1) is 0 Å². The molecule has 1 fully saturated rings. The van der Waals surface area contributed by atoms with Gasteiger partial charge in [0.15, 0.2) is 17.0 Å². The van der Waals surface area contributed by atoms with Gasteiger partial charge in [-0.05, 0) is 47.5 Å². The number of carbonyl (C=O) groups excluding carboxylic acids is 1. The summed E-state index contributed by atoms with van der Waals surface area (Å²) in [6.07, 6.45) is 1.76. The molecule has 0 saturated carbocycles. The zero-order valence-corrected chi connectivity index (χ0v) is 25.3. The minimum absolute atomic E-state index is 0.0272. The summed E-state index contributed by atoms with van der Waals surface area (Å²) in [5.74, 6) is 1.04. The van der Waals surface area contributed by atoms with E-state index in [0.29, 0.717) is 79.3 Å². The van der Waals surface area contributed by atoms with Crippen molar-refractivity contribution in [3.63, 3.8) is 0 Å². The average Bonchev–Trinajstić information content (AvgIpc) is 3.53. The van der Waals surface area contributed by atoms with Crippen molar-refractivity contribution in [2.45, 2.75) is 13.1 Å². The number of amides is 1. The minimum Gasteiger partial charge on any atom is -0.399 e. The van der Waals surface area contributed by atoms with Gasteiger partial charge in [0.2, 0.25) is 5.95 Å². The molecule has 0 spiro atoms. The fourth-order valence-electron chi connectivity index (χ4n) is 5.65. The van der Waals surface area contributed by atoms with Crippen LogP contribution in [0.2, 0.25) is 0 Å². The summed E-state index contributed by atoms with van der Waals surface area (Å²) in [5, 5.41) is 3.39. The van der Waals surface area contributed by atoms with Gasteiger partial charge in [-0.2, -0.15) is 9.97 Å². The largest absolute Gasteiger partial charge is 0.399 e. The van der Waals surface area contributed by atoms with Crippen LogP contribution in [0, 0.1) is 0 Å². The molecule has 10 heteroatoms. The molecule has 2 aromatic heterocycles. The summed E-state index contributed by atoms with van der Waals surface area (Å²) in [6.45, 7) is 3.46. The maximum Gasteiger partial charge on any atom is 0.254 e. The van der Waals surface area contributed by atoms with E-state index in [4.69, 9.17) is 25.4 Å².